The second-order valence-corrected chi connectivity index (χ2v) is 9.29. The van der Waals surface area contributed by atoms with E-state index in [4.69, 9.17) is 4.74 Å². The summed E-state index contributed by atoms with van der Waals surface area (Å²) < 4.78 is 32.9. The molecule has 1 aliphatic heterocycles. The maximum atomic E-state index is 12.6. The summed E-state index contributed by atoms with van der Waals surface area (Å²) in [6.07, 6.45) is -0.135. The van der Waals surface area contributed by atoms with Crippen molar-refractivity contribution in [3.05, 3.63) is 71.3 Å². The highest BCUT2D eigenvalue weighted by Crippen LogP contribution is 2.18. The maximum Gasteiger partial charge on any atom is 0.410 e. The molecule has 2 aromatic carbocycles. The minimum atomic E-state index is -3.66. The summed E-state index contributed by atoms with van der Waals surface area (Å²) in [5.74, 6) is 0. The topological polar surface area (TPSA) is 95.9 Å². The Morgan fingerprint density at radius 3 is 2.41 bits per heavy atom. The Hall–Kier alpha value is -2.42. The fraction of sp³-hybridized carbons (Fsp3) is 0.381. The Balaban J connectivity index is 1.47. The van der Waals surface area contributed by atoms with E-state index < -0.39 is 27.4 Å². The van der Waals surface area contributed by atoms with Crippen molar-refractivity contribution < 1.29 is 23.1 Å². The van der Waals surface area contributed by atoms with Crippen molar-refractivity contribution in [3.8, 4) is 0 Å². The van der Waals surface area contributed by atoms with Crippen LogP contribution >= 0.6 is 0 Å². The lowest BCUT2D eigenvalue weighted by molar-refractivity contribution is 0.0765. The van der Waals surface area contributed by atoms with Crippen molar-refractivity contribution in [2.24, 2.45) is 0 Å². The van der Waals surface area contributed by atoms with E-state index >= 15 is 0 Å². The van der Waals surface area contributed by atoms with Gasteiger partial charge in [-0.25, -0.2) is 17.9 Å². The monoisotopic (exact) mass is 418 g/mol. The summed E-state index contributed by atoms with van der Waals surface area (Å²) in [5.41, 5.74) is 2.93. The van der Waals surface area contributed by atoms with Crippen molar-refractivity contribution >= 4 is 16.1 Å². The Labute approximate surface area is 171 Å². The Bertz CT molecular complexity index is 910. The fourth-order valence-corrected chi connectivity index (χ4v) is 4.64. The number of ether oxygens (including phenoxy) is 1. The van der Waals surface area contributed by atoms with E-state index in [1.54, 1.807) is 0 Å². The number of rotatable bonds is 8. The first-order valence-corrected chi connectivity index (χ1v) is 11.0. The number of hydrogen-bond donors (Lipinski definition) is 2. The van der Waals surface area contributed by atoms with Crippen molar-refractivity contribution in [1.29, 1.82) is 0 Å². The highest BCUT2D eigenvalue weighted by molar-refractivity contribution is 7.90. The molecule has 0 radical (unpaired) electrons. The third-order valence-corrected chi connectivity index (χ3v) is 6.74. The van der Waals surface area contributed by atoms with E-state index in [2.05, 4.69) is 4.72 Å². The van der Waals surface area contributed by atoms with Crippen LogP contribution in [0, 0.1) is 6.92 Å². The first kappa shape index (κ1) is 21.3. The lowest BCUT2D eigenvalue weighted by atomic mass is 10.1. The van der Waals surface area contributed by atoms with Gasteiger partial charge in [0.2, 0.25) is 10.0 Å². The summed E-state index contributed by atoms with van der Waals surface area (Å²) in [4.78, 5) is 13.4. The normalized spacial score (nSPS) is 15.6. The summed E-state index contributed by atoms with van der Waals surface area (Å²) in [5, 5.41) is 8.88. The van der Waals surface area contributed by atoms with Crippen LogP contribution in [-0.4, -0.2) is 55.5 Å². The van der Waals surface area contributed by atoms with E-state index in [1.807, 2.05) is 61.5 Å². The first-order valence-electron chi connectivity index (χ1n) is 9.50. The van der Waals surface area contributed by atoms with Gasteiger partial charge in [-0.3, -0.25) is 0 Å². The third kappa shape index (κ3) is 5.79. The zero-order chi connectivity index (χ0) is 20.9. The van der Waals surface area contributed by atoms with Gasteiger partial charge < -0.3 is 14.7 Å². The standard InChI is InChI=1S/C21H26N2O5S/c1-16-7-9-17(10-8-16)11-19(14-24)22-29(26,27)20-12-23(13-20)21(25)28-15-18-5-3-2-4-6-18/h2-10,19-20,22,24H,11-15H2,1H3. The number of aliphatic hydroxyl groups excluding tert-OH is 1. The summed E-state index contributed by atoms with van der Waals surface area (Å²) >= 11 is 0. The van der Waals surface area contributed by atoms with Gasteiger partial charge in [0.1, 0.15) is 11.9 Å². The van der Waals surface area contributed by atoms with Gasteiger partial charge in [0.25, 0.3) is 0 Å². The zero-order valence-corrected chi connectivity index (χ0v) is 17.1. The molecule has 29 heavy (non-hydrogen) atoms. The van der Waals surface area contributed by atoms with Crippen molar-refractivity contribution in [1.82, 2.24) is 9.62 Å². The number of aryl methyl sites for hydroxylation is 1. The van der Waals surface area contributed by atoms with Crippen LogP contribution in [0.5, 0.6) is 0 Å². The largest absolute Gasteiger partial charge is 0.445 e. The highest BCUT2D eigenvalue weighted by Gasteiger charge is 2.41. The quantitative estimate of drug-likeness (QED) is 0.682. The molecule has 156 valence electrons. The Kier molecular flexibility index (Phi) is 6.89. The lowest BCUT2D eigenvalue weighted by Crippen LogP contribution is -2.60. The van der Waals surface area contributed by atoms with Crippen molar-refractivity contribution in [3.63, 3.8) is 0 Å². The molecule has 0 spiro atoms. The van der Waals surface area contributed by atoms with E-state index in [0.29, 0.717) is 6.42 Å². The van der Waals surface area contributed by atoms with Crippen LogP contribution in [0.4, 0.5) is 4.79 Å². The van der Waals surface area contributed by atoms with Crippen LogP contribution in [0.2, 0.25) is 0 Å². The number of aliphatic hydroxyl groups is 1. The number of amides is 1. The van der Waals surface area contributed by atoms with Gasteiger partial charge in [0.05, 0.1) is 6.61 Å². The van der Waals surface area contributed by atoms with Gasteiger partial charge in [0.15, 0.2) is 0 Å². The average molecular weight is 419 g/mol. The molecule has 0 saturated carbocycles. The molecule has 1 atom stereocenters. The predicted molar refractivity (Wildman–Crippen MR) is 110 cm³/mol. The maximum absolute atomic E-state index is 12.6. The molecule has 1 unspecified atom stereocenters. The molecular weight excluding hydrogens is 392 g/mol. The molecule has 0 bridgehead atoms. The van der Waals surface area contributed by atoms with Crippen molar-refractivity contribution in [2.45, 2.75) is 31.2 Å². The number of benzene rings is 2. The van der Waals surface area contributed by atoms with Crippen LogP contribution in [0.1, 0.15) is 16.7 Å². The van der Waals surface area contributed by atoms with Gasteiger partial charge in [-0.05, 0) is 24.5 Å². The molecule has 2 aromatic rings. The number of carbonyl (C=O) groups is 1. The molecule has 1 amide bonds. The number of likely N-dealkylation sites (tertiary alicyclic amines) is 1. The summed E-state index contributed by atoms with van der Waals surface area (Å²) in [7, 11) is -3.66. The molecule has 1 saturated heterocycles. The van der Waals surface area contributed by atoms with Crippen LogP contribution in [0.15, 0.2) is 54.6 Å². The van der Waals surface area contributed by atoms with Gasteiger partial charge in [0, 0.05) is 19.1 Å². The van der Waals surface area contributed by atoms with E-state index in [0.717, 1.165) is 16.7 Å². The third-order valence-electron chi connectivity index (χ3n) is 4.90. The minimum Gasteiger partial charge on any atom is -0.445 e. The molecule has 1 aliphatic rings. The van der Waals surface area contributed by atoms with E-state index in [-0.39, 0.29) is 26.3 Å². The molecular formula is C21H26N2O5S. The number of sulfonamides is 1. The predicted octanol–water partition coefficient (Wildman–Crippen LogP) is 1.84. The first-order chi connectivity index (χ1) is 13.9. The fourth-order valence-electron chi connectivity index (χ4n) is 3.07. The second-order valence-electron chi connectivity index (χ2n) is 7.30. The van der Waals surface area contributed by atoms with Crippen molar-refractivity contribution in [2.75, 3.05) is 19.7 Å². The molecule has 1 heterocycles. The summed E-state index contributed by atoms with van der Waals surface area (Å²) in [6.45, 7) is 1.97. The number of hydrogen-bond acceptors (Lipinski definition) is 5. The molecule has 8 heteroatoms. The summed E-state index contributed by atoms with van der Waals surface area (Å²) in [6, 6.07) is 16.4. The van der Waals surface area contributed by atoms with E-state index in [1.165, 1.54) is 4.90 Å². The van der Waals surface area contributed by atoms with Gasteiger partial charge in [-0.15, -0.1) is 0 Å². The van der Waals surface area contributed by atoms with Crippen LogP contribution in [0.3, 0.4) is 0 Å². The smallest absolute Gasteiger partial charge is 0.410 e. The molecule has 1 fully saturated rings. The Morgan fingerprint density at radius 2 is 1.79 bits per heavy atom. The second kappa shape index (κ2) is 9.39. The highest BCUT2D eigenvalue weighted by atomic mass is 32.2. The zero-order valence-electron chi connectivity index (χ0n) is 16.3. The molecule has 0 aliphatic carbocycles. The number of carbonyl (C=O) groups excluding carboxylic acids is 1. The lowest BCUT2D eigenvalue weighted by Gasteiger charge is -2.38. The number of nitrogens with one attached hydrogen (secondary N) is 1. The van der Waals surface area contributed by atoms with Gasteiger partial charge in [-0.2, -0.15) is 0 Å². The molecule has 2 N–H and O–H groups in total. The molecule has 7 nitrogen and oxygen atoms in total. The molecule has 0 aromatic heterocycles. The minimum absolute atomic E-state index is 0.0750. The van der Waals surface area contributed by atoms with Gasteiger partial charge in [-0.1, -0.05) is 60.2 Å². The van der Waals surface area contributed by atoms with Gasteiger partial charge >= 0.3 is 6.09 Å². The average Bonchev–Trinajstić information content (AvgIpc) is 2.66. The number of nitrogens with zero attached hydrogens (tertiary/aromatic N) is 1. The van der Waals surface area contributed by atoms with E-state index in [9.17, 15) is 18.3 Å². The van der Waals surface area contributed by atoms with Crippen LogP contribution < -0.4 is 4.72 Å². The Morgan fingerprint density at radius 1 is 1.14 bits per heavy atom. The molecule has 3 rings (SSSR count). The van der Waals surface area contributed by atoms with Crippen LogP contribution in [0.25, 0.3) is 0 Å². The van der Waals surface area contributed by atoms with Crippen LogP contribution in [-0.2, 0) is 27.8 Å². The SMILES string of the molecule is Cc1ccc(CC(CO)NS(=O)(=O)C2CN(C(=O)OCc3ccccc3)C2)cc1.